The van der Waals surface area contributed by atoms with Gasteiger partial charge in [0.15, 0.2) is 0 Å². The third-order valence-corrected chi connectivity index (χ3v) is 5.51. The maximum atomic E-state index is 12.8. The molecule has 1 saturated heterocycles. The summed E-state index contributed by atoms with van der Waals surface area (Å²) in [6.07, 6.45) is 5.06. The molecule has 3 heterocycles. The molecule has 1 amide bonds. The maximum Gasteiger partial charge on any atom is 0.270 e. The standard InChI is InChI=1S/C20H20Cl2N4O2/c21-13-1-2-15(17(22)8-13)16-11-26-18(10-24-19(26)7-12(16)9-23)20(27)25-14-3-5-28-6-4-14/h1-2,7-8,10-11,14H,3-6,9,23H2,(H,25,27). The summed E-state index contributed by atoms with van der Waals surface area (Å²) < 4.78 is 7.12. The molecule has 0 atom stereocenters. The number of nitrogens with one attached hydrogen (secondary N) is 1. The van der Waals surface area contributed by atoms with Crippen molar-refractivity contribution in [1.82, 2.24) is 14.7 Å². The molecule has 0 saturated carbocycles. The zero-order valence-corrected chi connectivity index (χ0v) is 16.6. The maximum absolute atomic E-state index is 12.8. The number of nitrogens with two attached hydrogens (primary N) is 1. The van der Waals surface area contributed by atoms with Gasteiger partial charge in [-0.25, -0.2) is 4.98 Å². The number of aromatic nitrogens is 2. The molecule has 3 aromatic rings. The van der Waals surface area contributed by atoms with Crippen LogP contribution in [0.5, 0.6) is 0 Å². The molecule has 3 N–H and O–H groups in total. The average Bonchev–Trinajstić information content (AvgIpc) is 3.11. The van der Waals surface area contributed by atoms with Crippen molar-refractivity contribution in [3.63, 3.8) is 0 Å². The van der Waals surface area contributed by atoms with Crippen LogP contribution >= 0.6 is 23.2 Å². The first kappa shape index (κ1) is 19.2. The smallest absolute Gasteiger partial charge is 0.270 e. The normalized spacial score (nSPS) is 15.1. The van der Waals surface area contributed by atoms with E-state index in [2.05, 4.69) is 10.3 Å². The average molecular weight is 419 g/mol. The van der Waals surface area contributed by atoms with E-state index in [0.29, 0.717) is 41.1 Å². The Morgan fingerprint density at radius 3 is 2.75 bits per heavy atom. The van der Waals surface area contributed by atoms with Crippen LogP contribution in [0.3, 0.4) is 0 Å². The lowest BCUT2D eigenvalue weighted by molar-refractivity contribution is 0.0694. The van der Waals surface area contributed by atoms with Gasteiger partial charge in [-0.1, -0.05) is 29.3 Å². The van der Waals surface area contributed by atoms with Crippen LogP contribution in [0.15, 0.2) is 36.7 Å². The summed E-state index contributed by atoms with van der Waals surface area (Å²) in [5, 5.41) is 4.15. The molecule has 4 rings (SSSR count). The van der Waals surface area contributed by atoms with Crippen molar-refractivity contribution in [2.24, 2.45) is 5.73 Å². The van der Waals surface area contributed by atoms with Crippen LogP contribution in [0.2, 0.25) is 10.0 Å². The van der Waals surface area contributed by atoms with E-state index < -0.39 is 0 Å². The van der Waals surface area contributed by atoms with E-state index in [0.717, 1.165) is 29.5 Å². The molecule has 0 spiro atoms. The Balaban J connectivity index is 1.74. The first-order valence-electron chi connectivity index (χ1n) is 9.11. The number of imidazole rings is 1. The fraction of sp³-hybridized carbons (Fsp3) is 0.300. The Bertz CT molecular complexity index is 1030. The molecule has 2 aromatic heterocycles. The zero-order valence-electron chi connectivity index (χ0n) is 15.1. The number of benzene rings is 1. The quantitative estimate of drug-likeness (QED) is 0.676. The lowest BCUT2D eigenvalue weighted by Gasteiger charge is -2.23. The summed E-state index contributed by atoms with van der Waals surface area (Å²) in [4.78, 5) is 17.2. The van der Waals surface area contributed by atoms with Gasteiger partial charge in [-0.15, -0.1) is 0 Å². The number of halogens is 2. The molecule has 1 aliphatic rings. The first-order chi connectivity index (χ1) is 13.6. The number of carbonyl (C=O) groups is 1. The third-order valence-electron chi connectivity index (χ3n) is 4.96. The van der Waals surface area contributed by atoms with Gasteiger partial charge in [0, 0.05) is 53.2 Å². The SMILES string of the molecule is NCc1cc2ncc(C(=O)NC3CCOCC3)n2cc1-c1ccc(Cl)cc1Cl. The van der Waals surface area contributed by atoms with Gasteiger partial charge in [-0.3, -0.25) is 9.20 Å². The molecule has 1 aromatic carbocycles. The number of carbonyl (C=O) groups excluding carboxylic acids is 1. The van der Waals surface area contributed by atoms with Crippen LogP contribution < -0.4 is 11.1 Å². The second-order valence-corrected chi connectivity index (χ2v) is 7.62. The zero-order chi connectivity index (χ0) is 19.7. The summed E-state index contributed by atoms with van der Waals surface area (Å²) in [6, 6.07) is 7.31. The molecule has 0 aliphatic carbocycles. The number of hydrogen-bond donors (Lipinski definition) is 2. The molecule has 6 nitrogen and oxygen atoms in total. The highest BCUT2D eigenvalue weighted by molar-refractivity contribution is 6.36. The van der Waals surface area contributed by atoms with E-state index >= 15 is 0 Å². The molecular formula is C20H20Cl2N4O2. The van der Waals surface area contributed by atoms with Crippen LogP contribution in [-0.4, -0.2) is 34.5 Å². The summed E-state index contributed by atoms with van der Waals surface area (Å²) in [5.41, 5.74) is 9.61. The molecular weight excluding hydrogens is 399 g/mol. The van der Waals surface area contributed by atoms with Crippen molar-refractivity contribution in [3.8, 4) is 11.1 Å². The number of nitrogens with zero attached hydrogens (tertiary/aromatic N) is 2. The lowest BCUT2D eigenvalue weighted by Crippen LogP contribution is -2.39. The van der Waals surface area contributed by atoms with Crippen LogP contribution in [0.1, 0.15) is 28.9 Å². The second kappa shape index (κ2) is 8.09. The van der Waals surface area contributed by atoms with E-state index in [1.165, 1.54) is 0 Å². The van der Waals surface area contributed by atoms with Gasteiger partial charge in [0.1, 0.15) is 11.3 Å². The van der Waals surface area contributed by atoms with Gasteiger partial charge in [0.2, 0.25) is 0 Å². The molecule has 28 heavy (non-hydrogen) atoms. The van der Waals surface area contributed by atoms with E-state index in [4.69, 9.17) is 33.7 Å². The third kappa shape index (κ3) is 3.73. The molecule has 8 heteroatoms. The van der Waals surface area contributed by atoms with E-state index in [9.17, 15) is 4.79 Å². The molecule has 0 bridgehead atoms. The van der Waals surface area contributed by atoms with E-state index in [-0.39, 0.29) is 11.9 Å². The minimum atomic E-state index is -0.159. The van der Waals surface area contributed by atoms with E-state index in [1.54, 1.807) is 22.7 Å². The number of hydrogen-bond acceptors (Lipinski definition) is 4. The first-order valence-corrected chi connectivity index (χ1v) is 9.86. The van der Waals surface area contributed by atoms with Crippen molar-refractivity contribution in [1.29, 1.82) is 0 Å². The minimum absolute atomic E-state index is 0.111. The van der Waals surface area contributed by atoms with Gasteiger partial charge in [-0.2, -0.15) is 0 Å². The topological polar surface area (TPSA) is 81.6 Å². The highest BCUT2D eigenvalue weighted by Crippen LogP contribution is 2.33. The number of pyridine rings is 1. The van der Waals surface area contributed by atoms with Gasteiger partial charge >= 0.3 is 0 Å². The van der Waals surface area contributed by atoms with Crippen molar-refractivity contribution >= 4 is 34.8 Å². The fourth-order valence-electron chi connectivity index (χ4n) is 3.45. The lowest BCUT2D eigenvalue weighted by atomic mass is 10.0. The minimum Gasteiger partial charge on any atom is -0.381 e. The number of amides is 1. The highest BCUT2D eigenvalue weighted by atomic mass is 35.5. The van der Waals surface area contributed by atoms with Crippen LogP contribution in [0, 0.1) is 0 Å². The van der Waals surface area contributed by atoms with Crippen LogP contribution in [0.25, 0.3) is 16.8 Å². The van der Waals surface area contributed by atoms with Crippen LogP contribution in [0.4, 0.5) is 0 Å². The summed E-state index contributed by atoms with van der Waals surface area (Å²) in [7, 11) is 0. The Morgan fingerprint density at radius 2 is 2.04 bits per heavy atom. The molecule has 1 fully saturated rings. The summed E-state index contributed by atoms with van der Waals surface area (Å²) in [5.74, 6) is -0.159. The Morgan fingerprint density at radius 1 is 1.25 bits per heavy atom. The van der Waals surface area contributed by atoms with Gasteiger partial charge < -0.3 is 15.8 Å². The van der Waals surface area contributed by atoms with Gasteiger partial charge in [0.25, 0.3) is 5.91 Å². The highest BCUT2D eigenvalue weighted by Gasteiger charge is 2.20. The van der Waals surface area contributed by atoms with Crippen LogP contribution in [-0.2, 0) is 11.3 Å². The number of ether oxygens (including phenoxy) is 1. The van der Waals surface area contributed by atoms with Gasteiger partial charge in [-0.05, 0) is 36.6 Å². The Labute approximate surface area is 172 Å². The Hall–Kier alpha value is -2.12. The number of rotatable bonds is 4. The van der Waals surface area contributed by atoms with Crippen molar-refractivity contribution in [2.45, 2.75) is 25.4 Å². The largest absolute Gasteiger partial charge is 0.381 e. The summed E-state index contributed by atoms with van der Waals surface area (Å²) >= 11 is 12.4. The fourth-order valence-corrected chi connectivity index (χ4v) is 3.96. The number of fused-ring (bicyclic) bond motifs is 1. The molecule has 1 aliphatic heterocycles. The second-order valence-electron chi connectivity index (χ2n) is 6.77. The van der Waals surface area contributed by atoms with Gasteiger partial charge in [0.05, 0.1) is 6.20 Å². The molecule has 0 unspecified atom stereocenters. The predicted molar refractivity (Wildman–Crippen MR) is 110 cm³/mol. The van der Waals surface area contributed by atoms with E-state index in [1.807, 2.05) is 18.3 Å². The predicted octanol–water partition coefficient (Wildman–Crippen LogP) is 3.68. The Kier molecular flexibility index (Phi) is 5.55. The molecule has 0 radical (unpaired) electrons. The molecule has 146 valence electrons. The van der Waals surface area contributed by atoms with Crippen molar-refractivity contribution in [3.05, 3.63) is 58.0 Å². The van der Waals surface area contributed by atoms with Crippen molar-refractivity contribution in [2.75, 3.05) is 13.2 Å². The summed E-state index contributed by atoms with van der Waals surface area (Å²) in [6.45, 7) is 1.65. The van der Waals surface area contributed by atoms with Crippen molar-refractivity contribution < 1.29 is 9.53 Å². The monoisotopic (exact) mass is 418 g/mol.